The molecule has 0 amide bonds. The summed E-state index contributed by atoms with van der Waals surface area (Å²) in [5, 5.41) is 6.09. The van der Waals surface area contributed by atoms with Crippen molar-refractivity contribution in [1.82, 2.24) is 0 Å². The zero-order valence-corrected chi connectivity index (χ0v) is 20.4. The molecule has 6 nitrogen and oxygen atoms in total. The van der Waals surface area contributed by atoms with Gasteiger partial charge in [0.05, 0.1) is 25.0 Å². The molecule has 0 aliphatic carbocycles. The number of carbonyl (C=O) groups is 1. The van der Waals surface area contributed by atoms with E-state index in [1.807, 2.05) is 32.0 Å². The zero-order valence-electron chi connectivity index (χ0n) is 18.7. The highest BCUT2D eigenvalue weighted by atomic mass is 35.5. The van der Waals surface area contributed by atoms with E-state index in [2.05, 4.69) is 30.4 Å². The third-order valence-corrected chi connectivity index (χ3v) is 7.73. The van der Waals surface area contributed by atoms with Crippen LogP contribution in [0.15, 0.2) is 59.6 Å². The first-order valence-electron chi connectivity index (χ1n) is 9.71. The summed E-state index contributed by atoms with van der Waals surface area (Å²) in [5.74, 6) is -0.302. The van der Waals surface area contributed by atoms with E-state index in [1.54, 1.807) is 12.1 Å². The number of methoxy groups -OCH3 is 2. The third-order valence-electron chi connectivity index (χ3n) is 4.67. The smallest absolute Gasteiger partial charge is 0.377 e. The Hall–Kier alpha value is -2.77. The highest BCUT2D eigenvalue weighted by Crippen LogP contribution is 2.29. The lowest BCUT2D eigenvalue weighted by Crippen LogP contribution is -2.45. The van der Waals surface area contributed by atoms with Crippen LogP contribution >= 0.6 is 11.6 Å². The van der Waals surface area contributed by atoms with Gasteiger partial charge in [-0.3, -0.25) is 0 Å². The number of rotatable bonds is 9. The Balaban J connectivity index is 2.22. The summed E-state index contributed by atoms with van der Waals surface area (Å²) in [6.07, 6.45) is 1.71. The average molecular weight is 462 g/mol. The maximum atomic E-state index is 11.9. The fourth-order valence-corrected chi connectivity index (χ4v) is 4.80. The third kappa shape index (κ3) is 6.60. The first-order chi connectivity index (χ1) is 14.7. The van der Waals surface area contributed by atoms with Crippen LogP contribution in [0.4, 0.5) is 0 Å². The molecule has 31 heavy (non-hydrogen) atoms. The molecule has 2 aromatic rings. The summed E-state index contributed by atoms with van der Waals surface area (Å²) in [6, 6.07) is 13.8. The predicted molar refractivity (Wildman–Crippen MR) is 126 cm³/mol. The molecule has 0 aliphatic heterocycles. The monoisotopic (exact) mass is 461 g/mol. The number of aryl methyl sites for hydroxylation is 1. The van der Waals surface area contributed by atoms with Crippen molar-refractivity contribution < 1.29 is 23.8 Å². The van der Waals surface area contributed by atoms with E-state index in [9.17, 15) is 4.79 Å². The first-order valence-corrected chi connectivity index (χ1v) is 13.3. The van der Waals surface area contributed by atoms with Gasteiger partial charge in [-0.05, 0) is 31.5 Å². The first kappa shape index (κ1) is 24.5. The SMILES string of the molecule is COC=C(Oc1cc(C(C)=NOC[Si](C)(C)c2ccccc2)c(Cl)cc1C)C(=O)OC. The number of benzene rings is 2. The number of halogens is 1. The second-order valence-corrected chi connectivity index (χ2v) is 12.7. The van der Waals surface area contributed by atoms with E-state index in [4.69, 9.17) is 30.6 Å². The van der Waals surface area contributed by atoms with Crippen molar-refractivity contribution in [3.63, 3.8) is 0 Å². The molecular formula is C23H28ClNO5Si. The van der Waals surface area contributed by atoms with Gasteiger partial charge >= 0.3 is 5.97 Å². The van der Waals surface area contributed by atoms with E-state index in [1.165, 1.54) is 25.7 Å². The number of hydrogen-bond donors (Lipinski definition) is 0. The van der Waals surface area contributed by atoms with Gasteiger partial charge in [0.2, 0.25) is 5.76 Å². The number of esters is 1. The zero-order chi connectivity index (χ0) is 23.0. The van der Waals surface area contributed by atoms with Crippen molar-refractivity contribution in [2.75, 3.05) is 20.4 Å². The minimum atomic E-state index is -1.79. The van der Waals surface area contributed by atoms with Crippen molar-refractivity contribution in [2.45, 2.75) is 26.9 Å². The molecule has 0 fully saturated rings. The van der Waals surface area contributed by atoms with E-state index in [-0.39, 0.29) is 5.76 Å². The van der Waals surface area contributed by atoms with Crippen LogP contribution in [-0.2, 0) is 19.1 Å². The van der Waals surface area contributed by atoms with Crippen LogP contribution in [0.25, 0.3) is 0 Å². The molecule has 0 unspecified atom stereocenters. The normalized spacial score (nSPS) is 12.4. The largest absolute Gasteiger partial charge is 0.500 e. The second-order valence-electron chi connectivity index (χ2n) is 7.61. The summed E-state index contributed by atoms with van der Waals surface area (Å²) >= 11 is 6.43. The fourth-order valence-electron chi connectivity index (χ4n) is 2.79. The minimum Gasteiger partial charge on any atom is -0.500 e. The van der Waals surface area contributed by atoms with Gasteiger partial charge < -0.3 is 19.0 Å². The second kappa shape index (κ2) is 11.0. The van der Waals surface area contributed by atoms with Gasteiger partial charge in [-0.25, -0.2) is 4.79 Å². The van der Waals surface area contributed by atoms with Crippen LogP contribution in [0.3, 0.4) is 0 Å². The van der Waals surface area contributed by atoms with Gasteiger partial charge in [0.1, 0.15) is 26.3 Å². The van der Waals surface area contributed by atoms with Crippen LogP contribution in [0, 0.1) is 6.92 Å². The van der Waals surface area contributed by atoms with Crippen LogP contribution in [0.5, 0.6) is 5.75 Å². The summed E-state index contributed by atoms with van der Waals surface area (Å²) in [6.45, 7) is 8.09. The van der Waals surface area contributed by atoms with Crippen LogP contribution in [0.2, 0.25) is 18.1 Å². The Morgan fingerprint density at radius 1 is 1.16 bits per heavy atom. The molecule has 0 aromatic heterocycles. The number of nitrogens with zero attached hydrogens (tertiary/aromatic N) is 1. The van der Waals surface area contributed by atoms with Gasteiger partial charge in [-0.15, -0.1) is 0 Å². The van der Waals surface area contributed by atoms with Gasteiger partial charge in [0.15, 0.2) is 0 Å². The Bertz CT molecular complexity index is 973. The lowest BCUT2D eigenvalue weighted by molar-refractivity contribution is -0.138. The lowest BCUT2D eigenvalue weighted by Gasteiger charge is -2.21. The summed E-state index contributed by atoms with van der Waals surface area (Å²) in [5.41, 5.74) is 1.98. The molecule has 0 spiro atoms. The topological polar surface area (TPSA) is 66.3 Å². The molecule has 8 heteroatoms. The number of carbonyl (C=O) groups excluding carboxylic acids is 1. The highest BCUT2D eigenvalue weighted by Gasteiger charge is 2.24. The lowest BCUT2D eigenvalue weighted by atomic mass is 10.1. The summed E-state index contributed by atoms with van der Waals surface area (Å²) in [4.78, 5) is 17.6. The van der Waals surface area contributed by atoms with Crippen molar-refractivity contribution >= 4 is 36.5 Å². The van der Waals surface area contributed by atoms with E-state index in [0.717, 1.165) is 5.56 Å². The maximum Gasteiger partial charge on any atom is 0.377 e. The number of oxime groups is 1. The van der Waals surface area contributed by atoms with Crippen molar-refractivity contribution in [2.24, 2.45) is 5.16 Å². The molecule has 0 saturated heterocycles. The Kier molecular flexibility index (Phi) is 8.71. The van der Waals surface area contributed by atoms with E-state index < -0.39 is 14.0 Å². The minimum absolute atomic E-state index is 0.0807. The maximum absolute atomic E-state index is 11.9. The van der Waals surface area contributed by atoms with Gasteiger partial charge in [-0.1, -0.05) is 65.4 Å². The Labute approximate surface area is 189 Å². The molecule has 2 aromatic carbocycles. The molecule has 166 valence electrons. The van der Waals surface area contributed by atoms with Crippen LogP contribution in [-0.4, -0.2) is 40.2 Å². The molecule has 0 saturated carbocycles. The molecular weight excluding hydrogens is 434 g/mol. The Morgan fingerprint density at radius 3 is 2.45 bits per heavy atom. The van der Waals surface area contributed by atoms with Crippen molar-refractivity contribution in [1.29, 1.82) is 0 Å². The van der Waals surface area contributed by atoms with Gasteiger partial charge in [0, 0.05) is 5.56 Å². The van der Waals surface area contributed by atoms with Crippen molar-refractivity contribution in [3.05, 3.63) is 70.6 Å². The molecule has 0 atom stereocenters. The van der Waals surface area contributed by atoms with E-state index >= 15 is 0 Å². The highest BCUT2D eigenvalue weighted by molar-refractivity contribution is 6.89. The summed E-state index contributed by atoms with van der Waals surface area (Å²) < 4.78 is 15.3. The van der Waals surface area contributed by atoms with Crippen molar-refractivity contribution in [3.8, 4) is 5.75 Å². The number of hydrogen-bond acceptors (Lipinski definition) is 6. The average Bonchev–Trinajstić information content (AvgIpc) is 2.74. The van der Waals surface area contributed by atoms with E-state index in [0.29, 0.717) is 28.3 Å². The fraction of sp³-hybridized carbons (Fsp3) is 0.304. The molecule has 0 N–H and O–H groups in total. The van der Waals surface area contributed by atoms with Crippen LogP contribution in [0.1, 0.15) is 18.1 Å². The molecule has 2 rings (SSSR count). The quantitative estimate of drug-likeness (QED) is 0.136. The van der Waals surface area contributed by atoms with Crippen LogP contribution < -0.4 is 9.92 Å². The van der Waals surface area contributed by atoms with Gasteiger partial charge in [-0.2, -0.15) is 0 Å². The summed E-state index contributed by atoms with van der Waals surface area (Å²) in [7, 11) is 0.897. The molecule has 0 aliphatic rings. The predicted octanol–water partition coefficient (Wildman–Crippen LogP) is 4.58. The molecule has 0 heterocycles. The Morgan fingerprint density at radius 2 is 1.84 bits per heavy atom. The molecule has 0 bridgehead atoms. The standard InChI is InChI=1S/C23H28ClNO5Si/c1-16-12-20(24)19(13-21(16)30-22(14-27-3)23(26)28-4)17(2)25-29-15-31(5,6)18-10-8-7-9-11-18/h7-14H,15H2,1-6H3. The molecule has 0 radical (unpaired) electrons. The van der Waals surface area contributed by atoms with Gasteiger partial charge in [0.25, 0.3) is 0 Å². The number of ether oxygens (including phenoxy) is 3.